The summed E-state index contributed by atoms with van der Waals surface area (Å²) in [6, 6.07) is 29.9. The van der Waals surface area contributed by atoms with Gasteiger partial charge < -0.3 is 19.7 Å². The molecule has 0 aliphatic carbocycles. The number of nitrogens with zero attached hydrogens (tertiary/aromatic N) is 4. The standard InChI is InChI=1S/C26H22N4O.2Li/c1-2-31-25(30-20-27-19-28-30)18-24(21-12-6-3-7-13-21)26(22-14-8-4-9-15-22)29-23-16-10-5-11-17-23;;/h3-17,19,26H,2H2,1H3;;/q-2;2*+1. The van der Waals surface area contributed by atoms with Gasteiger partial charge in [0.2, 0.25) is 0 Å². The van der Waals surface area contributed by atoms with Crippen molar-refractivity contribution in [1.29, 1.82) is 0 Å². The molecule has 0 spiro atoms. The quantitative estimate of drug-likeness (QED) is 0.175. The minimum atomic E-state index is -0.301. The van der Waals surface area contributed by atoms with Crippen LogP contribution in [0.3, 0.4) is 0 Å². The van der Waals surface area contributed by atoms with Gasteiger partial charge in [-0.15, -0.1) is 11.4 Å². The van der Waals surface area contributed by atoms with Crippen molar-refractivity contribution < 1.29 is 42.5 Å². The van der Waals surface area contributed by atoms with E-state index >= 15 is 0 Å². The third-order valence-corrected chi connectivity index (χ3v) is 4.60. The maximum atomic E-state index is 5.85. The van der Waals surface area contributed by atoms with Crippen molar-refractivity contribution in [2.45, 2.75) is 13.0 Å². The first kappa shape index (κ1) is 26.4. The minimum Gasteiger partial charge on any atom is -0.674 e. The number of para-hydroxylation sites is 1. The predicted molar refractivity (Wildman–Crippen MR) is 122 cm³/mol. The van der Waals surface area contributed by atoms with Crippen LogP contribution < -0.4 is 37.7 Å². The van der Waals surface area contributed by atoms with Crippen molar-refractivity contribution in [3.63, 3.8) is 0 Å². The second-order valence-corrected chi connectivity index (χ2v) is 6.69. The van der Waals surface area contributed by atoms with E-state index in [0.29, 0.717) is 12.5 Å². The van der Waals surface area contributed by atoms with Crippen LogP contribution in [0.15, 0.2) is 103 Å². The summed E-state index contributed by atoms with van der Waals surface area (Å²) < 4.78 is 7.30. The average Bonchev–Trinajstić information content (AvgIpc) is 3.37. The predicted octanol–water partition coefficient (Wildman–Crippen LogP) is 0.0504. The molecule has 1 atom stereocenters. The molecule has 0 fully saturated rings. The van der Waals surface area contributed by atoms with Gasteiger partial charge in [0.15, 0.2) is 5.88 Å². The minimum absolute atomic E-state index is 0. The van der Waals surface area contributed by atoms with Gasteiger partial charge in [-0.1, -0.05) is 103 Å². The molecule has 33 heavy (non-hydrogen) atoms. The third-order valence-electron chi connectivity index (χ3n) is 4.60. The van der Waals surface area contributed by atoms with Crippen LogP contribution in [0.4, 0.5) is 5.69 Å². The Balaban J connectivity index is 0.00000193. The Morgan fingerprint density at radius 1 is 0.939 bits per heavy atom. The molecule has 1 heterocycles. The van der Waals surface area contributed by atoms with Crippen molar-refractivity contribution in [2.75, 3.05) is 6.61 Å². The summed E-state index contributed by atoms with van der Waals surface area (Å²) in [5.74, 6) is 0.419. The van der Waals surface area contributed by atoms with Crippen LogP contribution in [0.1, 0.15) is 24.1 Å². The largest absolute Gasteiger partial charge is 1.00 e. The van der Waals surface area contributed by atoms with Crippen LogP contribution in [0.5, 0.6) is 0 Å². The van der Waals surface area contributed by atoms with Gasteiger partial charge >= 0.3 is 37.7 Å². The zero-order valence-electron chi connectivity index (χ0n) is 19.2. The summed E-state index contributed by atoms with van der Waals surface area (Å²) in [6.45, 7) is 2.38. The summed E-state index contributed by atoms with van der Waals surface area (Å²) in [5.41, 5.74) is 7.23. The molecule has 154 valence electrons. The van der Waals surface area contributed by atoms with Crippen molar-refractivity contribution >= 4 is 17.1 Å². The number of hydrogen-bond donors (Lipinski definition) is 0. The first-order valence-electron chi connectivity index (χ1n) is 10.1. The van der Waals surface area contributed by atoms with E-state index in [9.17, 15) is 0 Å². The Bertz CT molecular complexity index is 1140. The maximum absolute atomic E-state index is 5.85. The number of hydrogen-bond acceptors (Lipinski definition) is 3. The summed E-state index contributed by atoms with van der Waals surface area (Å²) in [5, 5.41) is 9.26. The van der Waals surface area contributed by atoms with E-state index < -0.39 is 0 Å². The number of rotatable bonds is 8. The fourth-order valence-electron chi connectivity index (χ4n) is 3.20. The maximum Gasteiger partial charge on any atom is 1.00 e. The van der Waals surface area contributed by atoms with Crippen LogP contribution >= 0.6 is 0 Å². The van der Waals surface area contributed by atoms with Crippen LogP contribution in [-0.4, -0.2) is 21.4 Å². The van der Waals surface area contributed by atoms with Gasteiger partial charge in [-0.05, 0) is 18.1 Å². The molecule has 0 N–H and O–H groups in total. The van der Waals surface area contributed by atoms with Crippen molar-refractivity contribution in [3.8, 4) is 0 Å². The molecule has 1 unspecified atom stereocenters. The van der Waals surface area contributed by atoms with Crippen molar-refractivity contribution in [1.82, 2.24) is 14.8 Å². The number of ether oxygens (including phenoxy) is 1. The normalized spacial score (nSPS) is 10.6. The molecule has 3 aromatic carbocycles. The zero-order valence-corrected chi connectivity index (χ0v) is 19.2. The van der Waals surface area contributed by atoms with E-state index in [1.54, 1.807) is 0 Å². The van der Waals surface area contributed by atoms with Crippen LogP contribution in [0.25, 0.3) is 16.8 Å². The summed E-state index contributed by atoms with van der Waals surface area (Å²) in [7, 11) is 0. The Hall–Kier alpha value is -2.89. The Labute approximate surface area is 218 Å². The van der Waals surface area contributed by atoms with Gasteiger partial charge in [0.25, 0.3) is 0 Å². The number of benzene rings is 3. The second-order valence-electron chi connectivity index (χ2n) is 6.69. The third kappa shape index (κ3) is 7.05. The molecule has 4 rings (SSSR count). The van der Waals surface area contributed by atoms with Crippen LogP contribution in [0.2, 0.25) is 0 Å². The van der Waals surface area contributed by atoms with Gasteiger partial charge in [-0.25, -0.2) is 5.10 Å². The van der Waals surface area contributed by atoms with E-state index in [-0.39, 0.29) is 43.8 Å². The van der Waals surface area contributed by atoms with E-state index in [4.69, 9.17) is 10.1 Å². The number of aromatic nitrogens is 3. The van der Waals surface area contributed by atoms with E-state index in [2.05, 4.69) is 34.3 Å². The molecule has 5 nitrogen and oxygen atoms in total. The fourth-order valence-corrected chi connectivity index (χ4v) is 3.20. The topological polar surface area (TPSA) is 54.0 Å². The second kappa shape index (κ2) is 13.6. The Morgan fingerprint density at radius 2 is 1.55 bits per heavy atom. The molecule has 0 saturated carbocycles. The van der Waals surface area contributed by atoms with E-state index in [1.165, 1.54) is 11.0 Å². The monoisotopic (exact) mass is 420 g/mol. The van der Waals surface area contributed by atoms with Gasteiger partial charge in [0.1, 0.15) is 0 Å². The molecule has 0 bridgehead atoms. The first-order valence-corrected chi connectivity index (χ1v) is 10.1. The fraction of sp³-hybridized carbons (Fsp3) is 0.115. The Morgan fingerprint density at radius 3 is 2.12 bits per heavy atom. The van der Waals surface area contributed by atoms with Gasteiger partial charge in [-0.3, -0.25) is 0 Å². The SMILES string of the molecule is CCOC(=C=C(c1ccccc1)C([N-]c1ccccc1)c1ccccc1)n1[c-]ncn1.[Li+].[Li+]. The average molecular weight is 420 g/mol. The van der Waals surface area contributed by atoms with Gasteiger partial charge in [-0.2, -0.15) is 0 Å². The summed E-state index contributed by atoms with van der Waals surface area (Å²) in [6.07, 6.45) is 4.22. The molecular formula is C26H22Li2N4O. The van der Waals surface area contributed by atoms with Crippen LogP contribution in [0, 0.1) is 6.33 Å². The molecule has 0 radical (unpaired) electrons. The van der Waals surface area contributed by atoms with Crippen LogP contribution in [-0.2, 0) is 4.74 Å². The molecule has 0 saturated heterocycles. The molecule has 7 heteroatoms. The van der Waals surface area contributed by atoms with Crippen molar-refractivity contribution in [2.24, 2.45) is 0 Å². The Kier molecular flexibility index (Phi) is 10.9. The van der Waals surface area contributed by atoms with Crippen molar-refractivity contribution in [3.05, 3.63) is 126 Å². The molecule has 0 amide bonds. The molecule has 1 aromatic heterocycles. The zero-order chi connectivity index (χ0) is 21.3. The summed E-state index contributed by atoms with van der Waals surface area (Å²) >= 11 is 0. The smallest absolute Gasteiger partial charge is 0.674 e. The molecular weight excluding hydrogens is 398 g/mol. The summed E-state index contributed by atoms with van der Waals surface area (Å²) in [4.78, 5) is 3.93. The molecule has 4 aromatic rings. The first-order chi connectivity index (χ1) is 15.3. The van der Waals surface area contributed by atoms with Gasteiger partial charge in [0.05, 0.1) is 6.61 Å². The molecule has 0 aliphatic rings. The van der Waals surface area contributed by atoms with E-state index in [0.717, 1.165) is 22.4 Å². The van der Waals surface area contributed by atoms with E-state index in [1.807, 2.05) is 85.8 Å². The molecule has 0 aliphatic heterocycles. The van der Waals surface area contributed by atoms with Gasteiger partial charge in [0, 0.05) is 12.7 Å².